The average Bonchev–Trinajstić information content (AvgIpc) is 3.17. The van der Waals surface area contributed by atoms with Gasteiger partial charge in [0.05, 0.1) is 16.3 Å². The Kier molecular flexibility index (Phi) is 5.30. The van der Waals surface area contributed by atoms with Crippen LogP contribution in [0.3, 0.4) is 0 Å². The molecule has 0 radical (unpaired) electrons. The number of nitro benzene ring substituents is 1. The summed E-state index contributed by atoms with van der Waals surface area (Å²) in [5.74, 6) is 1.23. The smallest absolute Gasteiger partial charge is 0.410 e. The van der Waals surface area contributed by atoms with Crippen molar-refractivity contribution in [2.24, 2.45) is 4.99 Å². The molecular weight excluding hydrogens is 436 g/mol. The minimum Gasteiger partial charge on any atom is -0.410 e. The van der Waals surface area contributed by atoms with Crippen molar-refractivity contribution in [2.75, 3.05) is 0 Å². The maximum atomic E-state index is 12.8. The molecular formula is C24H18N6O4. The van der Waals surface area contributed by atoms with E-state index in [1.54, 1.807) is 0 Å². The number of nitro groups is 1. The Balaban J connectivity index is 1.53. The van der Waals surface area contributed by atoms with Crippen molar-refractivity contribution in [3.05, 3.63) is 112 Å². The second-order valence-electron chi connectivity index (χ2n) is 7.49. The van der Waals surface area contributed by atoms with Crippen LogP contribution in [-0.2, 0) is 0 Å². The highest BCUT2D eigenvalue weighted by Crippen LogP contribution is 2.29. The van der Waals surface area contributed by atoms with E-state index < -0.39 is 17.2 Å². The number of non-ortho nitro benzene ring substituents is 1. The number of aryl methyl sites for hydroxylation is 1. The molecule has 1 unspecified atom stereocenters. The first-order valence-electron chi connectivity index (χ1n) is 10.4. The van der Waals surface area contributed by atoms with Crippen LogP contribution in [0.5, 0.6) is 5.75 Å². The number of aromatic nitrogens is 3. The van der Waals surface area contributed by atoms with Crippen LogP contribution in [0.1, 0.15) is 28.9 Å². The topological polar surface area (TPSA) is 125 Å². The molecule has 3 aromatic carbocycles. The summed E-state index contributed by atoms with van der Waals surface area (Å²) in [6.45, 7) is 1.83. The minimum absolute atomic E-state index is 0.102. The lowest BCUT2D eigenvalue weighted by Gasteiger charge is -2.14. The lowest BCUT2D eigenvalue weighted by Crippen LogP contribution is -2.32. The third-order valence-corrected chi connectivity index (χ3v) is 5.31. The molecule has 1 aliphatic heterocycles. The quantitative estimate of drug-likeness (QED) is 0.365. The maximum Gasteiger partial charge on any atom is 0.414 e. The van der Waals surface area contributed by atoms with Gasteiger partial charge in [-0.05, 0) is 25.1 Å². The molecule has 0 spiro atoms. The molecule has 2 heterocycles. The van der Waals surface area contributed by atoms with Crippen molar-refractivity contribution in [1.82, 2.24) is 20.1 Å². The number of ether oxygens (including phenoxy) is 1. The number of para-hydroxylation sites is 1. The molecule has 0 bridgehead atoms. The predicted molar refractivity (Wildman–Crippen MR) is 123 cm³/mol. The van der Waals surface area contributed by atoms with Gasteiger partial charge in [-0.3, -0.25) is 25.0 Å². The van der Waals surface area contributed by atoms with E-state index in [-0.39, 0.29) is 11.4 Å². The zero-order valence-corrected chi connectivity index (χ0v) is 18.0. The van der Waals surface area contributed by atoms with Crippen LogP contribution in [0, 0.1) is 17.0 Å². The highest BCUT2D eigenvalue weighted by Gasteiger charge is 2.29. The molecule has 0 aliphatic carbocycles. The number of hydrogen-bond donors (Lipinski definition) is 1. The fraction of sp³-hybridized carbons (Fsp3) is 0.0833. The largest absolute Gasteiger partial charge is 0.414 e. The van der Waals surface area contributed by atoms with E-state index in [4.69, 9.17) is 9.73 Å². The van der Waals surface area contributed by atoms with Gasteiger partial charge >= 0.3 is 6.09 Å². The highest BCUT2D eigenvalue weighted by atomic mass is 16.6. The molecule has 10 nitrogen and oxygen atoms in total. The number of rotatable bonds is 4. The third-order valence-electron chi connectivity index (χ3n) is 5.31. The third kappa shape index (κ3) is 3.88. The van der Waals surface area contributed by atoms with Gasteiger partial charge in [-0.15, -0.1) is 10.2 Å². The molecule has 168 valence electrons. The molecule has 1 atom stereocenters. The highest BCUT2D eigenvalue weighted by molar-refractivity contribution is 6.15. The monoisotopic (exact) mass is 454 g/mol. The Hall–Kier alpha value is -4.86. The summed E-state index contributed by atoms with van der Waals surface area (Å²) in [6, 6.07) is 22.6. The molecule has 4 aromatic rings. The summed E-state index contributed by atoms with van der Waals surface area (Å²) in [5, 5.41) is 22.1. The molecule has 0 saturated carbocycles. The number of benzene rings is 3. The molecule has 0 saturated heterocycles. The molecule has 0 fully saturated rings. The van der Waals surface area contributed by atoms with E-state index in [9.17, 15) is 14.9 Å². The maximum absolute atomic E-state index is 12.8. The number of aliphatic imine (C=N–C) groups is 1. The fourth-order valence-corrected chi connectivity index (χ4v) is 3.79. The van der Waals surface area contributed by atoms with Crippen molar-refractivity contribution in [2.45, 2.75) is 13.1 Å². The normalized spacial score (nSPS) is 14.3. The van der Waals surface area contributed by atoms with Gasteiger partial charge in [0, 0.05) is 23.3 Å². The van der Waals surface area contributed by atoms with E-state index in [0.717, 1.165) is 16.8 Å². The summed E-state index contributed by atoms with van der Waals surface area (Å²) in [5.41, 5.74) is 3.17. The zero-order valence-electron chi connectivity index (χ0n) is 18.0. The summed E-state index contributed by atoms with van der Waals surface area (Å²) >= 11 is 0. The van der Waals surface area contributed by atoms with Crippen LogP contribution in [0.25, 0.3) is 5.69 Å². The Labute approximate surface area is 193 Å². The standard InChI is InChI=1S/C24H18N6O4/c1-15-27-28-23-22(26-24(31)34-18-13-11-17(12-14-18)30(32)33)25-21(16-7-3-2-4-8-16)19-9-5-6-10-20(19)29(15)23/h2-14,22H,1H3,(H,26,31). The second kappa shape index (κ2) is 8.58. The number of carbonyl (C=O) groups excluding carboxylic acids is 1. The van der Waals surface area contributed by atoms with Gasteiger partial charge < -0.3 is 4.74 Å². The summed E-state index contributed by atoms with van der Waals surface area (Å²) in [6.07, 6.45) is -1.68. The Bertz CT molecular complexity index is 1410. The van der Waals surface area contributed by atoms with Crippen molar-refractivity contribution in [3.63, 3.8) is 0 Å². The molecule has 1 N–H and O–H groups in total. The van der Waals surface area contributed by atoms with Crippen molar-refractivity contribution >= 4 is 17.5 Å². The van der Waals surface area contributed by atoms with Crippen molar-refractivity contribution in [1.29, 1.82) is 0 Å². The van der Waals surface area contributed by atoms with Gasteiger partial charge in [0.15, 0.2) is 12.0 Å². The lowest BCUT2D eigenvalue weighted by molar-refractivity contribution is -0.384. The number of fused-ring (bicyclic) bond motifs is 3. The number of nitrogens with one attached hydrogen (secondary N) is 1. The molecule has 5 rings (SSSR count). The van der Waals surface area contributed by atoms with Gasteiger partial charge in [-0.1, -0.05) is 48.5 Å². The first-order chi connectivity index (χ1) is 16.5. The number of amides is 1. The number of carbonyl (C=O) groups is 1. The minimum atomic E-state index is -0.894. The summed E-state index contributed by atoms with van der Waals surface area (Å²) in [7, 11) is 0. The van der Waals surface area contributed by atoms with Crippen LogP contribution >= 0.6 is 0 Å². The Morgan fingerprint density at radius 1 is 1.00 bits per heavy atom. The first-order valence-corrected chi connectivity index (χ1v) is 10.4. The molecule has 34 heavy (non-hydrogen) atoms. The molecule has 1 amide bonds. The molecule has 1 aliphatic rings. The van der Waals surface area contributed by atoms with Crippen LogP contribution in [0.15, 0.2) is 83.9 Å². The van der Waals surface area contributed by atoms with E-state index in [2.05, 4.69) is 15.5 Å². The van der Waals surface area contributed by atoms with Crippen LogP contribution in [0.2, 0.25) is 0 Å². The number of nitrogens with zero attached hydrogens (tertiary/aromatic N) is 5. The Morgan fingerprint density at radius 3 is 2.44 bits per heavy atom. The lowest BCUT2D eigenvalue weighted by atomic mass is 10.0. The van der Waals surface area contributed by atoms with Crippen molar-refractivity contribution in [3.8, 4) is 11.4 Å². The average molecular weight is 454 g/mol. The van der Waals surface area contributed by atoms with Gasteiger partial charge in [0.1, 0.15) is 11.6 Å². The van der Waals surface area contributed by atoms with E-state index >= 15 is 0 Å². The SMILES string of the molecule is Cc1nnc2n1-c1ccccc1C(c1ccccc1)=NC2NC(=O)Oc1ccc([N+](=O)[O-])cc1. The van der Waals surface area contributed by atoms with Crippen LogP contribution in [0.4, 0.5) is 10.5 Å². The van der Waals surface area contributed by atoms with Crippen LogP contribution in [-0.4, -0.2) is 31.5 Å². The van der Waals surface area contributed by atoms with Crippen LogP contribution < -0.4 is 10.1 Å². The van der Waals surface area contributed by atoms with Crippen molar-refractivity contribution < 1.29 is 14.5 Å². The van der Waals surface area contributed by atoms with E-state index in [1.807, 2.05) is 66.1 Å². The van der Waals surface area contributed by atoms with Gasteiger partial charge in [0.25, 0.3) is 5.69 Å². The van der Waals surface area contributed by atoms with Gasteiger partial charge in [-0.25, -0.2) is 4.79 Å². The zero-order chi connectivity index (χ0) is 23.7. The summed E-state index contributed by atoms with van der Waals surface area (Å²) < 4.78 is 7.19. The second-order valence-corrected chi connectivity index (χ2v) is 7.49. The van der Waals surface area contributed by atoms with Gasteiger partial charge in [-0.2, -0.15) is 0 Å². The van der Waals surface area contributed by atoms with E-state index in [0.29, 0.717) is 17.4 Å². The first kappa shape index (κ1) is 21.0. The van der Waals surface area contributed by atoms with E-state index in [1.165, 1.54) is 24.3 Å². The number of hydrogen-bond acceptors (Lipinski definition) is 7. The molecule has 10 heteroatoms. The Morgan fingerprint density at radius 2 is 1.71 bits per heavy atom. The summed E-state index contributed by atoms with van der Waals surface area (Å²) in [4.78, 5) is 27.9. The molecule has 1 aromatic heterocycles. The fourth-order valence-electron chi connectivity index (χ4n) is 3.79. The predicted octanol–water partition coefficient (Wildman–Crippen LogP) is 4.12. The van der Waals surface area contributed by atoms with Gasteiger partial charge in [0.2, 0.25) is 0 Å².